The largest absolute Gasteiger partial charge is 0.440 e. The quantitative estimate of drug-likeness (QED) is 0.911. The maximum Gasteiger partial charge on any atom is 0.420 e. The number of fused-ring (bicyclic) bond motifs is 1. The molecule has 0 fully saturated rings. The minimum atomic E-state index is -4.63. The summed E-state index contributed by atoms with van der Waals surface area (Å²) in [5.41, 5.74) is -1.38. The van der Waals surface area contributed by atoms with E-state index in [1.165, 1.54) is 6.07 Å². The zero-order chi connectivity index (χ0) is 15.1. The molecule has 0 saturated heterocycles. The Kier molecular flexibility index (Phi) is 3.75. The molecule has 2 rings (SSSR count). The first kappa shape index (κ1) is 14.8. The van der Waals surface area contributed by atoms with Gasteiger partial charge in [-0.3, -0.25) is 0 Å². The van der Waals surface area contributed by atoms with Gasteiger partial charge in [0.1, 0.15) is 17.2 Å². The Morgan fingerprint density at radius 3 is 2.45 bits per heavy atom. The molecule has 0 aliphatic rings. The highest BCUT2D eigenvalue weighted by Gasteiger charge is 2.36. The van der Waals surface area contributed by atoms with Crippen LogP contribution in [0.1, 0.15) is 42.9 Å². The van der Waals surface area contributed by atoms with Crippen LogP contribution in [0.4, 0.5) is 13.2 Å². The summed E-state index contributed by atoms with van der Waals surface area (Å²) in [6, 6.07) is 2.07. The summed E-state index contributed by atoms with van der Waals surface area (Å²) in [5.74, 6) is 0.0378. The fourth-order valence-electron chi connectivity index (χ4n) is 1.83. The number of alkyl halides is 3. The predicted octanol–water partition coefficient (Wildman–Crippen LogP) is 3.00. The minimum Gasteiger partial charge on any atom is -0.440 e. The fourth-order valence-corrected chi connectivity index (χ4v) is 1.83. The topological polar surface area (TPSA) is 66.5 Å². The van der Waals surface area contributed by atoms with Gasteiger partial charge in [0.05, 0.1) is 6.61 Å². The monoisotopic (exact) mass is 289 g/mol. The zero-order valence-corrected chi connectivity index (χ0v) is 10.9. The van der Waals surface area contributed by atoms with Crippen LogP contribution in [0.3, 0.4) is 0 Å². The van der Waals surface area contributed by atoms with Gasteiger partial charge in [0.25, 0.3) is 0 Å². The number of halogens is 3. The van der Waals surface area contributed by atoms with Crippen molar-refractivity contribution in [1.29, 1.82) is 0 Å². The van der Waals surface area contributed by atoms with E-state index >= 15 is 0 Å². The lowest BCUT2D eigenvalue weighted by Crippen LogP contribution is -2.09. The van der Waals surface area contributed by atoms with E-state index < -0.39 is 24.5 Å². The van der Waals surface area contributed by atoms with Crippen LogP contribution < -0.4 is 0 Å². The summed E-state index contributed by atoms with van der Waals surface area (Å²) in [6.07, 6.45) is -6.02. The SMILES string of the molecule is CC(C)c1nc2cc([C@@H](O)CO)cc(C(F)(F)F)c2o1. The lowest BCUT2D eigenvalue weighted by molar-refractivity contribution is -0.137. The Hall–Kier alpha value is -1.60. The fraction of sp³-hybridized carbons (Fsp3) is 0.462. The second kappa shape index (κ2) is 5.06. The van der Waals surface area contributed by atoms with E-state index in [0.717, 1.165) is 6.07 Å². The molecule has 0 bridgehead atoms. The molecule has 1 aromatic heterocycles. The van der Waals surface area contributed by atoms with Crippen LogP contribution in [0.2, 0.25) is 0 Å². The van der Waals surface area contributed by atoms with Crippen molar-refractivity contribution in [2.24, 2.45) is 0 Å². The number of aromatic nitrogens is 1. The number of oxazole rings is 1. The predicted molar refractivity (Wildman–Crippen MR) is 65.1 cm³/mol. The van der Waals surface area contributed by atoms with E-state index in [1.807, 2.05) is 0 Å². The molecule has 0 saturated carbocycles. The number of aliphatic hydroxyl groups excluding tert-OH is 2. The van der Waals surface area contributed by atoms with E-state index in [-0.39, 0.29) is 28.5 Å². The number of nitrogens with zero attached hydrogens (tertiary/aromatic N) is 1. The molecular weight excluding hydrogens is 275 g/mol. The normalized spacial score (nSPS) is 14.2. The summed E-state index contributed by atoms with van der Waals surface area (Å²) < 4.78 is 44.3. The third-order valence-corrected chi connectivity index (χ3v) is 2.89. The molecule has 20 heavy (non-hydrogen) atoms. The first-order valence-corrected chi connectivity index (χ1v) is 6.04. The van der Waals surface area contributed by atoms with Gasteiger partial charge in [-0.1, -0.05) is 13.8 Å². The van der Waals surface area contributed by atoms with Gasteiger partial charge < -0.3 is 14.6 Å². The second-order valence-corrected chi connectivity index (χ2v) is 4.82. The first-order valence-electron chi connectivity index (χ1n) is 6.04. The Balaban J connectivity index is 2.71. The van der Waals surface area contributed by atoms with Crippen molar-refractivity contribution in [2.45, 2.75) is 32.0 Å². The molecule has 1 aromatic carbocycles. The third kappa shape index (κ3) is 2.64. The zero-order valence-electron chi connectivity index (χ0n) is 10.9. The van der Waals surface area contributed by atoms with Crippen molar-refractivity contribution in [2.75, 3.05) is 6.61 Å². The average Bonchev–Trinajstić information content (AvgIpc) is 2.79. The highest BCUT2D eigenvalue weighted by molar-refractivity contribution is 5.78. The van der Waals surface area contributed by atoms with Crippen LogP contribution in [-0.2, 0) is 6.18 Å². The van der Waals surface area contributed by atoms with Gasteiger partial charge >= 0.3 is 6.18 Å². The van der Waals surface area contributed by atoms with Crippen molar-refractivity contribution >= 4 is 11.1 Å². The Labute approximate surface area is 112 Å². The maximum absolute atomic E-state index is 13.0. The van der Waals surface area contributed by atoms with Crippen molar-refractivity contribution in [1.82, 2.24) is 4.98 Å². The van der Waals surface area contributed by atoms with Gasteiger partial charge in [0.15, 0.2) is 11.5 Å². The van der Waals surface area contributed by atoms with Crippen LogP contribution in [0.25, 0.3) is 11.1 Å². The molecule has 2 N–H and O–H groups in total. The lowest BCUT2D eigenvalue weighted by Gasteiger charge is -2.12. The Morgan fingerprint density at radius 1 is 1.30 bits per heavy atom. The maximum atomic E-state index is 13.0. The Morgan fingerprint density at radius 2 is 1.95 bits per heavy atom. The number of hydrogen-bond acceptors (Lipinski definition) is 4. The summed E-state index contributed by atoms with van der Waals surface area (Å²) in [4.78, 5) is 4.00. The van der Waals surface area contributed by atoms with Gasteiger partial charge in [-0.05, 0) is 17.7 Å². The van der Waals surface area contributed by atoms with E-state index in [0.29, 0.717) is 0 Å². The van der Waals surface area contributed by atoms with Gasteiger partial charge in [-0.25, -0.2) is 4.98 Å². The summed E-state index contributed by atoms with van der Waals surface area (Å²) in [5, 5.41) is 18.4. The van der Waals surface area contributed by atoms with Crippen LogP contribution in [-0.4, -0.2) is 21.8 Å². The van der Waals surface area contributed by atoms with Crippen LogP contribution in [0.5, 0.6) is 0 Å². The van der Waals surface area contributed by atoms with E-state index in [1.54, 1.807) is 13.8 Å². The van der Waals surface area contributed by atoms with Gasteiger partial charge in [0, 0.05) is 5.92 Å². The molecule has 7 heteroatoms. The van der Waals surface area contributed by atoms with Gasteiger partial charge in [-0.2, -0.15) is 13.2 Å². The molecule has 4 nitrogen and oxygen atoms in total. The van der Waals surface area contributed by atoms with Crippen LogP contribution >= 0.6 is 0 Å². The lowest BCUT2D eigenvalue weighted by atomic mass is 10.0. The van der Waals surface area contributed by atoms with Gasteiger partial charge in [0.2, 0.25) is 0 Å². The molecule has 2 aromatic rings. The number of hydrogen-bond donors (Lipinski definition) is 2. The van der Waals surface area contributed by atoms with Crippen molar-refractivity contribution in [3.63, 3.8) is 0 Å². The van der Waals surface area contributed by atoms with E-state index in [4.69, 9.17) is 9.52 Å². The van der Waals surface area contributed by atoms with Crippen LogP contribution in [0, 0.1) is 0 Å². The minimum absolute atomic E-state index is 0.0195. The smallest absolute Gasteiger partial charge is 0.420 e. The molecule has 0 unspecified atom stereocenters. The highest BCUT2D eigenvalue weighted by Crippen LogP contribution is 2.38. The number of aliphatic hydroxyl groups is 2. The molecule has 0 aliphatic carbocycles. The summed E-state index contributed by atoms with van der Waals surface area (Å²) >= 11 is 0. The van der Waals surface area contributed by atoms with Crippen molar-refractivity contribution in [3.8, 4) is 0 Å². The van der Waals surface area contributed by atoms with Gasteiger partial charge in [-0.15, -0.1) is 0 Å². The number of benzene rings is 1. The average molecular weight is 289 g/mol. The molecule has 0 spiro atoms. The highest BCUT2D eigenvalue weighted by atomic mass is 19.4. The number of rotatable bonds is 3. The van der Waals surface area contributed by atoms with E-state index in [2.05, 4.69) is 4.98 Å². The molecule has 1 heterocycles. The van der Waals surface area contributed by atoms with E-state index in [9.17, 15) is 18.3 Å². The van der Waals surface area contributed by atoms with Crippen molar-refractivity contribution in [3.05, 3.63) is 29.2 Å². The van der Waals surface area contributed by atoms with Crippen molar-refractivity contribution < 1.29 is 27.8 Å². The summed E-state index contributed by atoms with van der Waals surface area (Å²) in [6.45, 7) is 2.83. The molecule has 110 valence electrons. The summed E-state index contributed by atoms with van der Waals surface area (Å²) in [7, 11) is 0. The molecule has 0 amide bonds. The van der Waals surface area contributed by atoms with Crippen LogP contribution in [0.15, 0.2) is 16.5 Å². The Bertz CT molecular complexity index is 619. The molecule has 0 radical (unpaired) electrons. The third-order valence-electron chi connectivity index (χ3n) is 2.89. The molecule has 1 atom stereocenters. The standard InChI is InChI=1S/C13H14F3NO3/c1-6(2)12-17-9-4-7(10(19)5-18)3-8(11(9)20-12)13(14,15)16/h3-4,6,10,18-19H,5H2,1-2H3/t10-/m0/s1. The molecule has 0 aliphatic heterocycles. The first-order chi connectivity index (χ1) is 9.24. The molecular formula is C13H14F3NO3. The second-order valence-electron chi connectivity index (χ2n) is 4.82.